The molecule has 7 nitrogen and oxygen atoms in total. The van der Waals surface area contributed by atoms with Crippen molar-refractivity contribution in [2.75, 3.05) is 26.8 Å². The van der Waals surface area contributed by atoms with Gasteiger partial charge in [-0.25, -0.2) is 0 Å². The molecule has 1 aliphatic rings. The average molecular weight is 313 g/mol. The molecular formula is C13H19N3O4S. The second-order valence-electron chi connectivity index (χ2n) is 4.90. The molecule has 1 aromatic rings. The maximum atomic E-state index is 12.6. The highest BCUT2D eigenvalue weighted by atomic mass is 32.1. The summed E-state index contributed by atoms with van der Waals surface area (Å²) < 4.78 is 14.0. The lowest BCUT2D eigenvalue weighted by molar-refractivity contribution is -0.140. The van der Waals surface area contributed by atoms with Crippen LogP contribution in [-0.4, -0.2) is 59.3 Å². The molecule has 2 rings (SSSR count). The number of rotatable bonds is 6. The molecule has 8 heteroatoms. The van der Waals surface area contributed by atoms with E-state index in [0.717, 1.165) is 31.0 Å². The van der Waals surface area contributed by atoms with Crippen LogP contribution in [0.1, 0.15) is 34.6 Å². The summed E-state index contributed by atoms with van der Waals surface area (Å²) in [5.41, 5.74) is 0.611. The minimum Gasteiger partial charge on any atom is -0.469 e. The quantitative estimate of drug-likeness (QED) is 0.730. The molecule has 1 unspecified atom stereocenters. The molecule has 0 bridgehead atoms. The number of amides is 1. The fraction of sp³-hybridized carbons (Fsp3) is 0.692. The third kappa shape index (κ3) is 4.21. The lowest BCUT2D eigenvalue weighted by atomic mass is 10.2. The minimum absolute atomic E-state index is 0.0350. The van der Waals surface area contributed by atoms with Gasteiger partial charge in [-0.1, -0.05) is 4.49 Å². The summed E-state index contributed by atoms with van der Waals surface area (Å²) in [4.78, 5) is 26.0. The summed E-state index contributed by atoms with van der Waals surface area (Å²) in [6, 6.07) is 0. The normalized spacial score (nSPS) is 17.7. The van der Waals surface area contributed by atoms with Gasteiger partial charge >= 0.3 is 5.97 Å². The molecule has 21 heavy (non-hydrogen) atoms. The molecule has 1 aromatic heterocycles. The number of nitrogens with zero attached hydrogens (tertiary/aromatic N) is 3. The van der Waals surface area contributed by atoms with Crippen molar-refractivity contribution in [3.05, 3.63) is 10.6 Å². The number of carbonyl (C=O) groups excluding carboxylic acids is 2. The predicted octanol–water partition coefficient (Wildman–Crippen LogP) is 1.03. The summed E-state index contributed by atoms with van der Waals surface area (Å²) in [6.07, 6.45) is 2.14. The van der Waals surface area contributed by atoms with E-state index < -0.39 is 0 Å². The second-order valence-corrected chi connectivity index (χ2v) is 5.65. The van der Waals surface area contributed by atoms with Crippen LogP contribution in [0.5, 0.6) is 0 Å². The maximum Gasteiger partial charge on any atom is 0.307 e. The Hall–Kier alpha value is -1.54. The average Bonchev–Trinajstić information content (AvgIpc) is 3.13. The van der Waals surface area contributed by atoms with Crippen molar-refractivity contribution in [3.8, 4) is 0 Å². The third-order valence-electron chi connectivity index (χ3n) is 3.39. The molecular weight excluding hydrogens is 294 g/mol. The first-order valence-electron chi connectivity index (χ1n) is 6.88. The molecule has 1 fully saturated rings. The van der Waals surface area contributed by atoms with E-state index in [4.69, 9.17) is 4.74 Å². The number of aryl methyl sites for hydroxylation is 1. The van der Waals surface area contributed by atoms with Crippen molar-refractivity contribution >= 4 is 23.4 Å². The van der Waals surface area contributed by atoms with E-state index in [-0.39, 0.29) is 24.4 Å². The van der Waals surface area contributed by atoms with Crippen LogP contribution in [0.15, 0.2) is 0 Å². The summed E-state index contributed by atoms with van der Waals surface area (Å²) >= 11 is 1.07. The Labute approximate surface area is 127 Å². The van der Waals surface area contributed by atoms with Gasteiger partial charge in [-0.3, -0.25) is 9.59 Å². The van der Waals surface area contributed by atoms with Crippen molar-refractivity contribution in [1.82, 2.24) is 14.5 Å². The van der Waals surface area contributed by atoms with Gasteiger partial charge in [-0.15, -0.1) is 5.10 Å². The number of hydrogen-bond acceptors (Lipinski definition) is 7. The monoisotopic (exact) mass is 313 g/mol. The van der Waals surface area contributed by atoms with Gasteiger partial charge in [0.1, 0.15) is 4.88 Å². The second kappa shape index (κ2) is 7.46. The fourth-order valence-corrected chi connectivity index (χ4v) is 2.83. The predicted molar refractivity (Wildman–Crippen MR) is 76.2 cm³/mol. The van der Waals surface area contributed by atoms with Gasteiger partial charge in [0.25, 0.3) is 5.91 Å². The lowest BCUT2D eigenvalue weighted by Crippen LogP contribution is -2.38. The van der Waals surface area contributed by atoms with Crippen molar-refractivity contribution in [2.45, 2.75) is 32.3 Å². The number of ether oxygens (including phenoxy) is 2. The molecule has 0 aromatic carbocycles. The summed E-state index contributed by atoms with van der Waals surface area (Å²) in [5.74, 6) is -0.485. The molecule has 116 valence electrons. The van der Waals surface area contributed by atoms with Crippen LogP contribution in [0.25, 0.3) is 0 Å². The van der Waals surface area contributed by atoms with Crippen molar-refractivity contribution < 1.29 is 19.1 Å². The van der Waals surface area contributed by atoms with Crippen LogP contribution in [0.3, 0.4) is 0 Å². The van der Waals surface area contributed by atoms with Crippen LogP contribution in [0, 0.1) is 6.92 Å². The first-order chi connectivity index (χ1) is 10.1. The van der Waals surface area contributed by atoms with E-state index in [0.29, 0.717) is 23.7 Å². The van der Waals surface area contributed by atoms with Crippen LogP contribution in [0.2, 0.25) is 0 Å². The zero-order chi connectivity index (χ0) is 15.2. The fourth-order valence-electron chi connectivity index (χ4n) is 2.21. The standard InChI is InChI=1S/C13H19N3O4S/c1-9-12(21-15-14-9)13(18)16(6-5-11(17)19-2)8-10-4-3-7-20-10/h10H,3-8H2,1-2H3. The molecule has 0 aliphatic carbocycles. The Kier molecular flexibility index (Phi) is 5.63. The van der Waals surface area contributed by atoms with Gasteiger partial charge in [0.15, 0.2) is 0 Å². The molecule has 1 atom stereocenters. The molecule has 2 heterocycles. The van der Waals surface area contributed by atoms with Crippen molar-refractivity contribution in [1.29, 1.82) is 0 Å². The Bertz CT molecular complexity index is 499. The Morgan fingerprint density at radius 2 is 2.33 bits per heavy atom. The van der Waals surface area contributed by atoms with Gasteiger partial charge in [-0.2, -0.15) is 0 Å². The molecule has 0 saturated carbocycles. The highest BCUT2D eigenvalue weighted by molar-refractivity contribution is 7.07. The van der Waals surface area contributed by atoms with Crippen LogP contribution < -0.4 is 0 Å². The van der Waals surface area contributed by atoms with Gasteiger partial charge in [-0.05, 0) is 31.3 Å². The molecule has 0 radical (unpaired) electrons. The first-order valence-corrected chi connectivity index (χ1v) is 7.65. The topological polar surface area (TPSA) is 81.6 Å². The molecule has 0 N–H and O–H groups in total. The molecule has 1 aliphatic heterocycles. The number of carbonyl (C=O) groups is 2. The van der Waals surface area contributed by atoms with Gasteiger partial charge < -0.3 is 14.4 Å². The first kappa shape index (κ1) is 15.8. The number of aromatic nitrogens is 2. The maximum absolute atomic E-state index is 12.6. The Balaban J connectivity index is 2.04. The van der Waals surface area contributed by atoms with Gasteiger partial charge in [0.2, 0.25) is 0 Å². The van der Waals surface area contributed by atoms with E-state index in [9.17, 15) is 9.59 Å². The minimum atomic E-state index is -0.334. The molecule has 1 amide bonds. The SMILES string of the molecule is COC(=O)CCN(CC1CCCO1)C(=O)c1snnc1C. The Morgan fingerprint density at radius 3 is 2.90 bits per heavy atom. The number of methoxy groups -OCH3 is 1. The van der Waals surface area contributed by atoms with E-state index >= 15 is 0 Å². The summed E-state index contributed by atoms with van der Waals surface area (Å²) in [5, 5.41) is 3.86. The molecule has 0 spiro atoms. The van der Waals surface area contributed by atoms with Crippen LogP contribution in [-0.2, 0) is 14.3 Å². The smallest absolute Gasteiger partial charge is 0.307 e. The van der Waals surface area contributed by atoms with Crippen LogP contribution >= 0.6 is 11.5 Å². The van der Waals surface area contributed by atoms with Gasteiger partial charge in [0.05, 0.1) is 25.3 Å². The number of esters is 1. The van der Waals surface area contributed by atoms with E-state index in [1.807, 2.05) is 0 Å². The molecule has 1 saturated heterocycles. The highest BCUT2D eigenvalue weighted by Gasteiger charge is 2.26. The summed E-state index contributed by atoms with van der Waals surface area (Å²) in [7, 11) is 1.34. The zero-order valence-electron chi connectivity index (χ0n) is 12.2. The number of hydrogen-bond donors (Lipinski definition) is 0. The Morgan fingerprint density at radius 1 is 1.52 bits per heavy atom. The lowest BCUT2D eigenvalue weighted by Gasteiger charge is -2.24. The van der Waals surface area contributed by atoms with E-state index in [1.54, 1.807) is 11.8 Å². The van der Waals surface area contributed by atoms with E-state index in [1.165, 1.54) is 7.11 Å². The van der Waals surface area contributed by atoms with Crippen LogP contribution in [0.4, 0.5) is 0 Å². The third-order valence-corrected chi connectivity index (χ3v) is 4.21. The van der Waals surface area contributed by atoms with Crippen molar-refractivity contribution in [2.24, 2.45) is 0 Å². The largest absolute Gasteiger partial charge is 0.469 e. The van der Waals surface area contributed by atoms with E-state index in [2.05, 4.69) is 14.3 Å². The summed E-state index contributed by atoms with van der Waals surface area (Å²) in [6.45, 7) is 3.27. The zero-order valence-corrected chi connectivity index (χ0v) is 13.0. The van der Waals surface area contributed by atoms with Crippen molar-refractivity contribution in [3.63, 3.8) is 0 Å². The van der Waals surface area contributed by atoms with Gasteiger partial charge in [0, 0.05) is 19.7 Å². The highest BCUT2D eigenvalue weighted by Crippen LogP contribution is 2.18.